The number of amides is 1. The van der Waals surface area contributed by atoms with Gasteiger partial charge in [0.05, 0.1) is 12.3 Å². The van der Waals surface area contributed by atoms with Gasteiger partial charge in [0.1, 0.15) is 0 Å². The third-order valence-corrected chi connectivity index (χ3v) is 4.58. The molecule has 0 aliphatic heterocycles. The van der Waals surface area contributed by atoms with Crippen LogP contribution in [0.4, 0.5) is 0 Å². The standard InChI is InChI=1S/C14H16ClN3O4S/c1-9(2)13(19)16-7-12-17-18-14(22-12)23(20,21)8-10-3-5-11(15)6-4-10/h3-6,9H,7-8H2,1-2H3,(H,16,19). The van der Waals surface area contributed by atoms with Gasteiger partial charge in [-0.05, 0) is 17.7 Å². The van der Waals surface area contributed by atoms with E-state index in [-0.39, 0.29) is 30.0 Å². The Labute approximate surface area is 139 Å². The van der Waals surface area contributed by atoms with Gasteiger partial charge in [-0.2, -0.15) is 0 Å². The summed E-state index contributed by atoms with van der Waals surface area (Å²) < 4.78 is 29.6. The Hall–Kier alpha value is -1.93. The molecule has 0 radical (unpaired) electrons. The summed E-state index contributed by atoms with van der Waals surface area (Å²) in [7, 11) is -3.76. The maximum absolute atomic E-state index is 12.2. The Kier molecular flexibility index (Phi) is 5.38. The lowest BCUT2D eigenvalue weighted by Gasteiger charge is -2.04. The Morgan fingerprint density at radius 1 is 1.26 bits per heavy atom. The number of rotatable bonds is 6. The van der Waals surface area contributed by atoms with E-state index in [1.807, 2.05) is 0 Å². The first-order valence-electron chi connectivity index (χ1n) is 6.85. The van der Waals surface area contributed by atoms with Crippen molar-refractivity contribution in [3.63, 3.8) is 0 Å². The highest BCUT2D eigenvalue weighted by molar-refractivity contribution is 7.90. The molecular formula is C14H16ClN3O4S. The number of halogens is 1. The lowest BCUT2D eigenvalue weighted by molar-refractivity contribution is -0.124. The van der Waals surface area contributed by atoms with Crippen molar-refractivity contribution >= 4 is 27.3 Å². The number of hydrogen-bond acceptors (Lipinski definition) is 6. The molecule has 1 heterocycles. The second kappa shape index (κ2) is 7.10. The van der Waals surface area contributed by atoms with Crippen molar-refractivity contribution < 1.29 is 17.6 Å². The zero-order valence-corrected chi connectivity index (χ0v) is 14.2. The van der Waals surface area contributed by atoms with E-state index in [1.54, 1.807) is 38.1 Å². The van der Waals surface area contributed by atoms with Crippen molar-refractivity contribution in [1.82, 2.24) is 15.5 Å². The number of benzene rings is 1. The van der Waals surface area contributed by atoms with Crippen molar-refractivity contribution in [1.29, 1.82) is 0 Å². The van der Waals surface area contributed by atoms with Gasteiger partial charge >= 0.3 is 5.22 Å². The first-order chi connectivity index (χ1) is 10.8. The molecule has 124 valence electrons. The molecule has 0 aliphatic rings. The fraction of sp³-hybridized carbons (Fsp3) is 0.357. The minimum absolute atomic E-state index is 0.0134. The van der Waals surface area contributed by atoms with E-state index < -0.39 is 15.1 Å². The quantitative estimate of drug-likeness (QED) is 0.847. The molecule has 0 bridgehead atoms. The van der Waals surface area contributed by atoms with Crippen molar-refractivity contribution in [3.8, 4) is 0 Å². The largest absolute Gasteiger partial charge is 0.411 e. The van der Waals surface area contributed by atoms with Crippen LogP contribution in [0.3, 0.4) is 0 Å². The SMILES string of the molecule is CC(C)C(=O)NCc1nnc(S(=O)(=O)Cc2ccc(Cl)cc2)o1. The summed E-state index contributed by atoms with van der Waals surface area (Å²) in [4.78, 5) is 11.5. The number of carbonyl (C=O) groups is 1. The first-order valence-corrected chi connectivity index (χ1v) is 8.88. The van der Waals surface area contributed by atoms with Gasteiger partial charge in [0.25, 0.3) is 0 Å². The molecule has 1 aromatic heterocycles. The van der Waals surface area contributed by atoms with E-state index in [0.717, 1.165) is 0 Å². The molecule has 2 aromatic rings. The van der Waals surface area contributed by atoms with Crippen molar-refractivity contribution in [3.05, 3.63) is 40.7 Å². The van der Waals surface area contributed by atoms with Crippen LogP contribution in [0.2, 0.25) is 5.02 Å². The molecule has 1 aromatic carbocycles. The van der Waals surface area contributed by atoms with Gasteiger partial charge in [-0.25, -0.2) is 8.42 Å². The Balaban J connectivity index is 2.06. The molecule has 2 rings (SSSR count). The van der Waals surface area contributed by atoms with Crippen molar-refractivity contribution in [2.45, 2.75) is 31.4 Å². The molecule has 0 unspecified atom stereocenters. The van der Waals surface area contributed by atoms with Crippen LogP contribution in [-0.2, 0) is 26.9 Å². The average molecular weight is 358 g/mol. The highest BCUT2D eigenvalue weighted by Gasteiger charge is 2.23. The molecular weight excluding hydrogens is 342 g/mol. The predicted molar refractivity (Wildman–Crippen MR) is 83.3 cm³/mol. The lowest BCUT2D eigenvalue weighted by Crippen LogP contribution is -2.27. The molecule has 0 atom stereocenters. The van der Waals surface area contributed by atoms with E-state index in [1.165, 1.54) is 0 Å². The van der Waals surface area contributed by atoms with Gasteiger partial charge in [-0.1, -0.05) is 42.7 Å². The summed E-state index contributed by atoms with van der Waals surface area (Å²) in [5.74, 6) is -0.613. The van der Waals surface area contributed by atoms with Gasteiger partial charge in [-0.15, -0.1) is 5.10 Å². The second-order valence-electron chi connectivity index (χ2n) is 5.22. The normalized spacial score (nSPS) is 11.7. The molecule has 23 heavy (non-hydrogen) atoms. The molecule has 1 N–H and O–H groups in total. The van der Waals surface area contributed by atoms with E-state index >= 15 is 0 Å². The van der Waals surface area contributed by atoms with Gasteiger partial charge in [0, 0.05) is 10.9 Å². The lowest BCUT2D eigenvalue weighted by atomic mass is 10.2. The summed E-state index contributed by atoms with van der Waals surface area (Å²) in [6.45, 7) is 3.47. The molecule has 0 fully saturated rings. The number of nitrogens with one attached hydrogen (secondary N) is 1. The van der Waals surface area contributed by atoms with Crippen LogP contribution in [0.15, 0.2) is 33.9 Å². The summed E-state index contributed by atoms with van der Waals surface area (Å²) >= 11 is 5.76. The minimum Gasteiger partial charge on any atom is -0.411 e. The monoisotopic (exact) mass is 357 g/mol. The molecule has 0 saturated heterocycles. The van der Waals surface area contributed by atoms with Crippen LogP contribution in [0.1, 0.15) is 25.3 Å². The van der Waals surface area contributed by atoms with Crippen LogP contribution < -0.4 is 5.32 Å². The highest BCUT2D eigenvalue weighted by Crippen LogP contribution is 2.17. The number of hydrogen-bond donors (Lipinski definition) is 1. The zero-order valence-electron chi connectivity index (χ0n) is 12.6. The van der Waals surface area contributed by atoms with E-state index in [2.05, 4.69) is 15.5 Å². The molecule has 9 heteroatoms. The fourth-order valence-corrected chi connectivity index (χ4v) is 2.93. The van der Waals surface area contributed by atoms with Crippen molar-refractivity contribution in [2.24, 2.45) is 5.92 Å². The second-order valence-corrected chi connectivity index (χ2v) is 7.52. The van der Waals surface area contributed by atoms with Gasteiger partial charge in [0.15, 0.2) is 0 Å². The Morgan fingerprint density at radius 2 is 1.91 bits per heavy atom. The van der Waals surface area contributed by atoms with Crippen LogP contribution in [0.25, 0.3) is 0 Å². The van der Waals surface area contributed by atoms with Crippen molar-refractivity contribution in [2.75, 3.05) is 0 Å². The third kappa shape index (κ3) is 4.77. The number of aromatic nitrogens is 2. The average Bonchev–Trinajstić information content (AvgIpc) is 2.96. The summed E-state index contributed by atoms with van der Waals surface area (Å²) in [5, 5.41) is 9.80. The van der Waals surface area contributed by atoms with Crippen LogP contribution in [-0.4, -0.2) is 24.5 Å². The maximum atomic E-state index is 12.2. The highest BCUT2D eigenvalue weighted by atomic mass is 35.5. The van der Waals surface area contributed by atoms with Crippen LogP contribution >= 0.6 is 11.6 Å². The smallest absolute Gasteiger partial charge is 0.335 e. The maximum Gasteiger partial charge on any atom is 0.335 e. The van der Waals surface area contributed by atoms with Gasteiger partial charge in [-0.3, -0.25) is 4.79 Å². The van der Waals surface area contributed by atoms with E-state index in [0.29, 0.717) is 10.6 Å². The molecule has 7 nitrogen and oxygen atoms in total. The van der Waals surface area contributed by atoms with E-state index in [9.17, 15) is 13.2 Å². The minimum atomic E-state index is -3.76. The topological polar surface area (TPSA) is 102 Å². The molecule has 0 spiro atoms. The third-order valence-electron chi connectivity index (χ3n) is 2.92. The fourth-order valence-electron chi connectivity index (χ4n) is 1.66. The van der Waals surface area contributed by atoms with Crippen LogP contribution in [0, 0.1) is 5.92 Å². The zero-order chi connectivity index (χ0) is 17.0. The molecule has 1 amide bonds. The molecule has 0 aliphatic carbocycles. The van der Waals surface area contributed by atoms with Gasteiger partial charge < -0.3 is 9.73 Å². The summed E-state index contributed by atoms with van der Waals surface area (Å²) in [6.07, 6.45) is 0. The number of carbonyl (C=O) groups excluding carboxylic acids is 1. The van der Waals surface area contributed by atoms with Gasteiger partial charge in [0.2, 0.25) is 21.6 Å². The molecule has 0 saturated carbocycles. The Morgan fingerprint density at radius 3 is 2.52 bits per heavy atom. The summed E-state index contributed by atoms with van der Waals surface area (Å²) in [5.41, 5.74) is 0.558. The predicted octanol–water partition coefficient (Wildman–Crippen LogP) is 1.97. The Bertz CT molecular complexity index is 785. The first kappa shape index (κ1) is 17.4. The summed E-state index contributed by atoms with van der Waals surface area (Å²) in [6, 6.07) is 6.43. The van der Waals surface area contributed by atoms with Crippen LogP contribution in [0.5, 0.6) is 0 Å². The van der Waals surface area contributed by atoms with E-state index in [4.69, 9.17) is 16.0 Å². The number of sulfone groups is 1. The number of nitrogens with zero attached hydrogens (tertiary/aromatic N) is 2.